The van der Waals surface area contributed by atoms with Crippen LogP contribution in [0.3, 0.4) is 0 Å². The van der Waals surface area contributed by atoms with Crippen LogP contribution in [0.5, 0.6) is 0 Å². The van der Waals surface area contributed by atoms with Crippen molar-refractivity contribution in [3.8, 4) is 0 Å². The highest BCUT2D eigenvalue weighted by Crippen LogP contribution is 2.20. The number of aromatic nitrogens is 4. The molecule has 22 heavy (non-hydrogen) atoms. The van der Waals surface area contributed by atoms with Crippen LogP contribution in [-0.4, -0.2) is 32.4 Å². The summed E-state index contributed by atoms with van der Waals surface area (Å²) in [6.07, 6.45) is 3.64. The molecule has 0 aliphatic rings. The summed E-state index contributed by atoms with van der Waals surface area (Å²) >= 11 is 6.00. The van der Waals surface area contributed by atoms with Crippen LogP contribution in [0.4, 0.5) is 0 Å². The molecule has 0 aliphatic heterocycles. The number of benzene rings is 1. The van der Waals surface area contributed by atoms with Gasteiger partial charge in [-0.3, -0.25) is 4.68 Å². The van der Waals surface area contributed by atoms with E-state index in [0.717, 1.165) is 16.9 Å². The smallest absolute Gasteiger partial charge is 0.337 e. The van der Waals surface area contributed by atoms with Crippen molar-refractivity contribution in [1.82, 2.24) is 19.3 Å². The van der Waals surface area contributed by atoms with E-state index >= 15 is 0 Å². The Bertz CT molecular complexity index is 795. The van der Waals surface area contributed by atoms with Gasteiger partial charge in [0.1, 0.15) is 5.82 Å². The first-order chi connectivity index (χ1) is 10.7. The molecule has 0 spiro atoms. The second kappa shape index (κ2) is 6.19. The van der Waals surface area contributed by atoms with Crippen LogP contribution in [0.15, 0.2) is 36.7 Å². The summed E-state index contributed by atoms with van der Waals surface area (Å²) in [5.41, 5.74) is 2.17. The fourth-order valence-corrected chi connectivity index (χ4v) is 2.61. The number of nitrogens with zero attached hydrogens (tertiary/aromatic N) is 4. The van der Waals surface area contributed by atoms with Gasteiger partial charge in [-0.15, -0.1) is 11.6 Å². The van der Waals surface area contributed by atoms with E-state index in [1.54, 1.807) is 18.3 Å². The van der Waals surface area contributed by atoms with Crippen molar-refractivity contribution in [3.63, 3.8) is 0 Å². The van der Waals surface area contributed by atoms with Gasteiger partial charge in [0.25, 0.3) is 0 Å². The van der Waals surface area contributed by atoms with Crippen molar-refractivity contribution < 1.29 is 9.53 Å². The number of rotatable bonds is 5. The standard InChI is InChI=1S/C15H15ClN4O2/c1-22-15(21)11-3-4-12-13(9-11)20(14(10-16)18-12)8-7-19-6-2-5-17-19/h2-6,9H,7-8,10H2,1H3. The van der Waals surface area contributed by atoms with E-state index in [9.17, 15) is 4.79 Å². The largest absolute Gasteiger partial charge is 0.465 e. The zero-order valence-electron chi connectivity index (χ0n) is 12.1. The number of methoxy groups -OCH3 is 1. The SMILES string of the molecule is COC(=O)c1ccc2nc(CCl)n(CCn3cccn3)c2c1. The number of carbonyl (C=O) groups is 1. The first-order valence-corrected chi connectivity index (χ1v) is 7.37. The fourth-order valence-electron chi connectivity index (χ4n) is 2.40. The minimum Gasteiger partial charge on any atom is -0.465 e. The van der Waals surface area contributed by atoms with E-state index in [2.05, 4.69) is 10.1 Å². The number of carbonyl (C=O) groups excluding carboxylic acids is 1. The summed E-state index contributed by atoms with van der Waals surface area (Å²) in [5, 5.41) is 4.19. The molecule has 114 valence electrons. The highest BCUT2D eigenvalue weighted by molar-refractivity contribution is 6.16. The molecule has 0 radical (unpaired) electrons. The second-order valence-electron chi connectivity index (χ2n) is 4.78. The van der Waals surface area contributed by atoms with Crippen LogP contribution >= 0.6 is 11.6 Å². The molecular formula is C15H15ClN4O2. The van der Waals surface area contributed by atoms with Crippen molar-refractivity contribution in [2.24, 2.45) is 0 Å². The Morgan fingerprint density at radius 2 is 2.23 bits per heavy atom. The average molecular weight is 319 g/mol. The summed E-state index contributed by atoms with van der Waals surface area (Å²) < 4.78 is 8.62. The molecule has 0 aliphatic carbocycles. The summed E-state index contributed by atoms with van der Waals surface area (Å²) in [6.45, 7) is 1.37. The van der Waals surface area contributed by atoms with Gasteiger partial charge in [0.2, 0.25) is 0 Å². The van der Waals surface area contributed by atoms with Gasteiger partial charge in [-0.25, -0.2) is 9.78 Å². The molecule has 0 atom stereocenters. The van der Waals surface area contributed by atoms with Crippen LogP contribution < -0.4 is 0 Å². The Kier molecular flexibility index (Phi) is 4.11. The van der Waals surface area contributed by atoms with Crippen LogP contribution in [0.1, 0.15) is 16.2 Å². The highest BCUT2D eigenvalue weighted by atomic mass is 35.5. The fraction of sp³-hybridized carbons (Fsp3) is 0.267. The van der Waals surface area contributed by atoms with Crippen LogP contribution in [0, 0.1) is 0 Å². The third-order valence-corrected chi connectivity index (χ3v) is 3.72. The molecule has 0 saturated carbocycles. The van der Waals surface area contributed by atoms with Gasteiger partial charge < -0.3 is 9.30 Å². The number of imidazole rings is 1. The lowest BCUT2D eigenvalue weighted by Gasteiger charge is -2.08. The molecular weight excluding hydrogens is 304 g/mol. The predicted octanol–water partition coefficient (Wildman–Crippen LogP) is 2.46. The van der Waals surface area contributed by atoms with E-state index in [-0.39, 0.29) is 5.97 Å². The normalized spacial score (nSPS) is 11.0. The highest BCUT2D eigenvalue weighted by Gasteiger charge is 2.13. The van der Waals surface area contributed by atoms with Crippen molar-refractivity contribution >= 4 is 28.6 Å². The summed E-state index contributed by atoms with van der Waals surface area (Å²) in [4.78, 5) is 16.2. The van der Waals surface area contributed by atoms with Gasteiger partial charge in [-0.2, -0.15) is 5.10 Å². The van der Waals surface area contributed by atoms with Crippen molar-refractivity contribution in [3.05, 3.63) is 48.0 Å². The Balaban J connectivity index is 1.99. The molecule has 0 unspecified atom stereocenters. The topological polar surface area (TPSA) is 61.9 Å². The summed E-state index contributed by atoms with van der Waals surface area (Å²) in [6, 6.07) is 7.18. The van der Waals surface area contributed by atoms with Gasteiger partial charge in [-0.05, 0) is 24.3 Å². The Morgan fingerprint density at radius 1 is 1.36 bits per heavy atom. The zero-order valence-corrected chi connectivity index (χ0v) is 12.8. The molecule has 6 nitrogen and oxygen atoms in total. The number of alkyl halides is 1. The monoisotopic (exact) mass is 318 g/mol. The maximum Gasteiger partial charge on any atom is 0.337 e. The molecule has 0 saturated heterocycles. The lowest BCUT2D eigenvalue weighted by molar-refractivity contribution is 0.0601. The molecule has 0 N–H and O–H groups in total. The Labute approximate surface area is 132 Å². The minimum absolute atomic E-state index is 0.307. The van der Waals surface area contributed by atoms with Crippen LogP contribution in [0.2, 0.25) is 0 Å². The van der Waals surface area contributed by atoms with Gasteiger partial charge in [0.15, 0.2) is 0 Å². The van der Waals surface area contributed by atoms with Gasteiger partial charge in [0.05, 0.1) is 36.1 Å². The van der Waals surface area contributed by atoms with Crippen LogP contribution in [0.25, 0.3) is 11.0 Å². The number of esters is 1. The Morgan fingerprint density at radius 3 is 2.91 bits per heavy atom. The van der Waals surface area contributed by atoms with Gasteiger partial charge >= 0.3 is 5.97 Å². The van der Waals surface area contributed by atoms with E-state index in [4.69, 9.17) is 16.3 Å². The minimum atomic E-state index is -0.367. The third-order valence-electron chi connectivity index (χ3n) is 3.48. The first kappa shape index (κ1) is 14.6. The van der Waals surface area contributed by atoms with Crippen molar-refractivity contribution in [1.29, 1.82) is 0 Å². The van der Waals surface area contributed by atoms with Gasteiger partial charge in [0, 0.05) is 18.9 Å². The lowest BCUT2D eigenvalue weighted by atomic mass is 10.2. The molecule has 2 aromatic heterocycles. The first-order valence-electron chi connectivity index (χ1n) is 6.84. The maximum atomic E-state index is 11.7. The second-order valence-corrected chi connectivity index (χ2v) is 5.04. The molecule has 0 bridgehead atoms. The number of hydrogen-bond acceptors (Lipinski definition) is 4. The molecule has 0 amide bonds. The third kappa shape index (κ3) is 2.69. The van der Waals surface area contributed by atoms with E-state index in [1.165, 1.54) is 7.11 Å². The molecule has 1 aromatic carbocycles. The average Bonchev–Trinajstić information content (AvgIpc) is 3.18. The summed E-state index contributed by atoms with van der Waals surface area (Å²) in [7, 11) is 1.37. The van der Waals surface area contributed by atoms with Crippen molar-refractivity contribution in [2.75, 3.05) is 7.11 Å². The lowest BCUT2D eigenvalue weighted by Crippen LogP contribution is -2.10. The molecule has 3 rings (SSSR count). The van der Waals surface area contributed by atoms with E-state index < -0.39 is 0 Å². The summed E-state index contributed by atoms with van der Waals surface area (Å²) in [5.74, 6) is 0.710. The quantitative estimate of drug-likeness (QED) is 0.535. The Hall–Kier alpha value is -2.34. The molecule has 2 heterocycles. The molecule has 3 aromatic rings. The number of ether oxygens (including phenoxy) is 1. The molecule has 0 fully saturated rings. The maximum absolute atomic E-state index is 11.7. The number of hydrogen-bond donors (Lipinski definition) is 0. The van der Waals surface area contributed by atoms with Gasteiger partial charge in [-0.1, -0.05) is 0 Å². The number of aryl methyl sites for hydroxylation is 2. The molecule has 7 heteroatoms. The number of halogens is 1. The van der Waals surface area contributed by atoms with Crippen molar-refractivity contribution in [2.45, 2.75) is 19.0 Å². The predicted molar refractivity (Wildman–Crippen MR) is 82.9 cm³/mol. The zero-order chi connectivity index (χ0) is 15.5. The van der Waals surface area contributed by atoms with E-state index in [0.29, 0.717) is 24.5 Å². The van der Waals surface area contributed by atoms with Crippen LogP contribution in [-0.2, 0) is 23.7 Å². The van der Waals surface area contributed by atoms with E-state index in [1.807, 2.05) is 27.6 Å². The number of fused-ring (bicyclic) bond motifs is 1.